The van der Waals surface area contributed by atoms with Gasteiger partial charge in [-0.1, -0.05) is 0 Å². The first kappa shape index (κ1) is 16.7. The molecule has 7 heteroatoms. The molecule has 0 aliphatic carbocycles. The maximum atomic E-state index is 12.0. The Kier molecular flexibility index (Phi) is 4.71. The lowest BCUT2D eigenvalue weighted by molar-refractivity contribution is -0.128. The molecule has 1 N–H and O–H groups in total. The van der Waals surface area contributed by atoms with E-state index in [4.69, 9.17) is 4.74 Å². The molecule has 0 spiro atoms. The summed E-state index contributed by atoms with van der Waals surface area (Å²) in [6.45, 7) is 8.79. The number of nitrogens with one attached hydrogen (secondary N) is 1. The molecule has 3 heterocycles. The molecule has 1 amide bonds. The monoisotopic (exact) mass is 331 g/mol. The fourth-order valence-electron chi connectivity index (χ4n) is 3.13. The lowest BCUT2D eigenvalue weighted by Gasteiger charge is -2.16. The third-order valence-electron chi connectivity index (χ3n) is 4.62. The molecule has 2 aromatic rings. The van der Waals surface area contributed by atoms with Crippen LogP contribution < -0.4 is 5.32 Å². The summed E-state index contributed by atoms with van der Waals surface area (Å²) < 4.78 is 6.92. The number of fused-ring (bicyclic) bond motifs is 1. The lowest BCUT2D eigenvalue weighted by atomic mass is 10.1. The van der Waals surface area contributed by atoms with E-state index < -0.39 is 0 Å². The number of rotatable bonds is 6. The highest BCUT2D eigenvalue weighted by Crippen LogP contribution is 2.21. The first-order valence-electron chi connectivity index (χ1n) is 8.33. The minimum absolute atomic E-state index is 0.209. The van der Waals surface area contributed by atoms with Gasteiger partial charge in [0.15, 0.2) is 5.65 Å². The number of methoxy groups -OCH3 is 1. The van der Waals surface area contributed by atoms with Gasteiger partial charge in [0.1, 0.15) is 5.82 Å². The van der Waals surface area contributed by atoms with E-state index in [9.17, 15) is 4.79 Å². The summed E-state index contributed by atoms with van der Waals surface area (Å²) in [5.74, 6) is 1.44. The number of hydrogen-bond donors (Lipinski definition) is 1. The molecular formula is C17H25N5O2. The number of amides is 1. The number of likely N-dealkylation sites (tertiary alicyclic amines) is 1. The molecule has 1 aliphatic heterocycles. The third kappa shape index (κ3) is 3.21. The van der Waals surface area contributed by atoms with Crippen molar-refractivity contribution < 1.29 is 9.53 Å². The fraction of sp³-hybridized carbons (Fsp3) is 0.588. The number of carbonyl (C=O) groups excluding carboxylic acids is 1. The summed E-state index contributed by atoms with van der Waals surface area (Å²) in [6, 6.07) is 2.00. The van der Waals surface area contributed by atoms with Crippen LogP contribution in [0, 0.1) is 26.7 Å². The zero-order valence-corrected chi connectivity index (χ0v) is 14.8. The Morgan fingerprint density at radius 3 is 2.92 bits per heavy atom. The number of ether oxygens (including phenoxy) is 1. The first-order valence-corrected chi connectivity index (χ1v) is 8.33. The van der Waals surface area contributed by atoms with E-state index in [0.29, 0.717) is 25.5 Å². The van der Waals surface area contributed by atoms with Crippen LogP contribution >= 0.6 is 0 Å². The molecule has 130 valence electrons. The molecule has 1 aliphatic rings. The van der Waals surface area contributed by atoms with Crippen LogP contribution in [0.5, 0.6) is 0 Å². The molecule has 0 aromatic carbocycles. The topological polar surface area (TPSA) is 71.8 Å². The molecule has 7 nitrogen and oxygen atoms in total. The summed E-state index contributed by atoms with van der Waals surface area (Å²) in [5, 5.41) is 8.03. The van der Waals surface area contributed by atoms with Crippen LogP contribution in [0.2, 0.25) is 0 Å². The fourth-order valence-corrected chi connectivity index (χ4v) is 3.13. The van der Waals surface area contributed by atoms with Crippen molar-refractivity contribution in [3.8, 4) is 0 Å². The van der Waals surface area contributed by atoms with Crippen molar-refractivity contribution in [3.05, 3.63) is 23.0 Å². The standard InChI is InChI=1S/C17H25N5O2/c1-11-7-15(22-17(19-11)12(2)13(3)20-22)18-9-14-8-16(23)21(10-14)5-6-24-4/h7,14,18H,5-6,8-10H2,1-4H3/t14-/m1/s1. The van der Waals surface area contributed by atoms with Crippen molar-refractivity contribution in [2.24, 2.45) is 5.92 Å². The van der Waals surface area contributed by atoms with E-state index >= 15 is 0 Å². The van der Waals surface area contributed by atoms with Gasteiger partial charge in [0.05, 0.1) is 12.3 Å². The molecule has 1 fully saturated rings. The Morgan fingerprint density at radius 1 is 1.38 bits per heavy atom. The van der Waals surface area contributed by atoms with Crippen molar-refractivity contribution >= 4 is 17.4 Å². The van der Waals surface area contributed by atoms with Crippen LogP contribution in [0.3, 0.4) is 0 Å². The van der Waals surface area contributed by atoms with Gasteiger partial charge < -0.3 is 15.0 Å². The van der Waals surface area contributed by atoms with Crippen molar-refractivity contribution in [1.29, 1.82) is 0 Å². The number of aromatic nitrogens is 3. The minimum Gasteiger partial charge on any atom is -0.383 e. The summed E-state index contributed by atoms with van der Waals surface area (Å²) >= 11 is 0. The lowest BCUT2D eigenvalue weighted by Crippen LogP contribution is -2.29. The summed E-state index contributed by atoms with van der Waals surface area (Å²) in [6.07, 6.45) is 0.584. The molecule has 0 saturated carbocycles. The Balaban J connectivity index is 1.70. The largest absolute Gasteiger partial charge is 0.383 e. The Morgan fingerprint density at radius 2 is 2.17 bits per heavy atom. The van der Waals surface area contributed by atoms with E-state index in [1.807, 2.05) is 36.3 Å². The highest BCUT2D eigenvalue weighted by molar-refractivity contribution is 5.78. The summed E-state index contributed by atoms with van der Waals surface area (Å²) in [4.78, 5) is 18.5. The van der Waals surface area contributed by atoms with Crippen molar-refractivity contribution in [1.82, 2.24) is 19.5 Å². The Bertz CT molecular complexity index is 755. The van der Waals surface area contributed by atoms with Crippen LogP contribution in [0.15, 0.2) is 6.07 Å². The molecule has 0 bridgehead atoms. The normalized spacial score (nSPS) is 17.9. The highest BCUT2D eigenvalue weighted by atomic mass is 16.5. The molecule has 0 radical (unpaired) electrons. The van der Waals surface area contributed by atoms with E-state index in [1.165, 1.54) is 0 Å². The second-order valence-electron chi connectivity index (χ2n) is 6.51. The zero-order chi connectivity index (χ0) is 17.3. The van der Waals surface area contributed by atoms with Crippen LogP contribution in [-0.2, 0) is 9.53 Å². The van der Waals surface area contributed by atoms with Gasteiger partial charge in [0, 0.05) is 56.4 Å². The number of hydrogen-bond acceptors (Lipinski definition) is 5. The molecule has 1 saturated heterocycles. The first-order chi connectivity index (χ1) is 11.5. The molecule has 3 rings (SSSR count). The van der Waals surface area contributed by atoms with E-state index in [0.717, 1.165) is 41.5 Å². The van der Waals surface area contributed by atoms with Crippen molar-refractivity contribution in [2.75, 3.05) is 38.7 Å². The van der Waals surface area contributed by atoms with Crippen molar-refractivity contribution in [3.63, 3.8) is 0 Å². The number of carbonyl (C=O) groups is 1. The van der Waals surface area contributed by atoms with E-state index in [2.05, 4.69) is 15.4 Å². The molecule has 1 atom stereocenters. The van der Waals surface area contributed by atoms with Crippen LogP contribution in [0.25, 0.3) is 5.65 Å². The molecule has 0 unspecified atom stereocenters. The van der Waals surface area contributed by atoms with E-state index in [1.54, 1.807) is 7.11 Å². The highest BCUT2D eigenvalue weighted by Gasteiger charge is 2.29. The predicted octanol–water partition coefficient (Wildman–Crippen LogP) is 1.56. The van der Waals surface area contributed by atoms with Gasteiger partial charge in [-0.3, -0.25) is 4.79 Å². The number of aryl methyl sites for hydroxylation is 3. The number of anilines is 1. The molecule has 2 aromatic heterocycles. The molecular weight excluding hydrogens is 306 g/mol. The van der Waals surface area contributed by atoms with Gasteiger partial charge >= 0.3 is 0 Å². The van der Waals surface area contributed by atoms with Gasteiger partial charge in [0.2, 0.25) is 5.91 Å². The van der Waals surface area contributed by atoms with Crippen LogP contribution in [-0.4, -0.2) is 58.8 Å². The SMILES string of the molecule is COCCN1C[C@@H](CNc2cc(C)nc3c(C)c(C)nn23)CC1=O. The second-order valence-corrected chi connectivity index (χ2v) is 6.51. The maximum Gasteiger partial charge on any atom is 0.223 e. The summed E-state index contributed by atoms with van der Waals surface area (Å²) in [5.41, 5.74) is 3.93. The Hall–Kier alpha value is -2.15. The van der Waals surface area contributed by atoms with Gasteiger partial charge in [-0.25, -0.2) is 4.98 Å². The average Bonchev–Trinajstić information content (AvgIpc) is 3.04. The van der Waals surface area contributed by atoms with E-state index in [-0.39, 0.29) is 5.91 Å². The zero-order valence-electron chi connectivity index (χ0n) is 14.8. The predicted molar refractivity (Wildman–Crippen MR) is 92.3 cm³/mol. The van der Waals surface area contributed by atoms with Gasteiger partial charge in [-0.15, -0.1) is 0 Å². The Labute approximate surface area is 142 Å². The second kappa shape index (κ2) is 6.76. The smallest absolute Gasteiger partial charge is 0.223 e. The quantitative estimate of drug-likeness (QED) is 0.870. The number of nitrogens with zero attached hydrogens (tertiary/aromatic N) is 4. The van der Waals surface area contributed by atoms with Gasteiger partial charge in [-0.2, -0.15) is 9.61 Å². The van der Waals surface area contributed by atoms with Gasteiger partial charge in [-0.05, 0) is 20.8 Å². The van der Waals surface area contributed by atoms with Crippen LogP contribution in [0.1, 0.15) is 23.4 Å². The average molecular weight is 331 g/mol. The molecule has 24 heavy (non-hydrogen) atoms. The van der Waals surface area contributed by atoms with Crippen molar-refractivity contribution in [2.45, 2.75) is 27.2 Å². The van der Waals surface area contributed by atoms with Crippen LogP contribution in [0.4, 0.5) is 5.82 Å². The summed E-state index contributed by atoms with van der Waals surface area (Å²) in [7, 11) is 1.66. The minimum atomic E-state index is 0.209. The third-order valence-corrected chi connectivity index (χ3v) is 4.62. The maximum absolute atomic E-state index is 12.0. The van der Waals surface area contributed by atoms with Gasteiger partial charge in [0.25, 0.3) is 0 Å².